The summed E-state index contributed by atoms with van der Waals surface area (Å²) in [6.07, 6.45) is 2.54. The average molecular weight is 327 g/mol. The monoisotopic (exact) mass is 326 g/mol. The Morgan fingerprint density at radius 1 is 1.43 bits per heavy atom. The minimum Gasteiger partial charge on any atom is -0.467 e. The van der Waals surface area contributed by atoms with E-state index < -0.39 is 0 Å². The van der Waals surface area contributed by atoms with Crippen molar-refractivity contribution in [2.75, 3.05) is 6.54 Å². The number of rotatable bonds is 7. The van der Waals surface area contributed by atoms with E-state index in [-0.39, 0.29) is 18.0 Å². The molecule has 114 valence electrons. The summed E-state index contributed by atoms with van der Waals surface area (Å²) in [5.41, 5.74) is 0. The predicted octanol–water partition coefficient (Wildman–Crippen LogP) is 3.59. The van der Waals surface area contributed by atoms with Gasteiger partial charge < -0.3 is 9.73 Å². The third-order valence-electron chi connectivity index (χ3n) is 3.07. The molecule has 2 unspecified atom stereocenters. The van der Waals surface area contributed by atoms with Crippen LogP contribution in [0.15, 0.2) is 34.9 Å². The maximum Gasteiger partial charge on any atom is 0.236 e. The number of hydrogen-bond donors (Lipinski definition) is 2. The molecule has 0 spiro atoms. The molecule has 0 aliphatic rings. The van der Waals surface area contributed by atoms with E-state index in [0.717, 1.165) is 17.1 Å². The minimum atomic E-state index is -0.326. The Hall–Kier alpha value is -1.30. The first-order valence-electron chi connectivity index (χ1n) is 6.94. The molecule has 4 nitrogen and oxygen atoms in total. The van der Waals surface area contributed by atoms with Crippen LogP contribution in [0.3, 0.4) is 0 Å². The summed E-state index contributed by atoms with van der Waals surface area (Å²) < 4.78 is 6.20. The Morgan fingerprint density at radius 3 is 2.81 bits per heavy atom. The standard InChI is InChI=1S/C15H19ClN2O2S/c1-3-8-17-15(19)10(2)18-14(11-5-4-9-20-11)12-6-7-13(16)21-12/h4-7,9-10,14,18H,3,8H2,1-2H3,(H,17,19). The maximum absolute atomic E-state index is 12.0. The second-order valence-electron chi connectivity index (χ2n) is 4.77. The molecule has 2 N–H and O–H groups in total. The van der Waals surface area contributed by atoms with Crippen molar-refractivity contribution in [3.05, 3.63) is 45.5 Å². The topological polar surface area (TPSA) is 54.3 Å². The van der Waals surface area contributed by atoms with Gasteiger partial charge in [-0.25, -0.2) is 0 Å². The van der Waals surface area contributed by atoms with Crippen molar-refractivity contribution in [2.24, 2.45) is 0 Å². The lowest BCUT2D eigenvalue weighted by molar-refractivity contribution is -0.122. The number of carbonyl (C=O) groups excluding carboxylic acids is 1. The quantitative estimate of drug-likeness (QED) is 0.817. The van der Waals surface area contributed by atoms with Crippen LogP contribution in [0.4, 0.5) is 0 Å². The predicted molar refractivity (Wildman–Crippen MR) is 85.8 cm³/mol. The zero-order chi connectivity index (χ0) is 15.2. The highest BCUT2D eigenvalue weighted by molar-refractivity contribution is 7.16. The second kappa shape index (κ2) is 7.64. The van der Waals surface area contributed by atoms with Crippen molar-refractivity contribution in [3.8, 4) is 0 Å². The SMILES string of the molecule is CCCNC(=O)C(C)NC(c1ccco1)c1ccc(Cl)s1. The molecule has 0 saturated heterocycles. The summed E-state index contributed by atoms with van der Waals surface area (Å²) in [6, 6.07) is 7.01. The van der Waals surface area contributed by atoms with Crippen molar-refractivity contribution < 1.29 is 9.21 Å². The first-order chi connectivity index (χ1) is 10.1. The van der Waals surface area contributed by atoms with Gasteiger partial charge >= 0.3 is 0 Å². The van der Waals surface area contributed by atoms with E-state index in [1.807, 2.05) is 38.1 Å². The van der Waals surface area contributed by atoms with Gasteiger partial charge in [0.15, 0.2) is 0 Å². The Kier molecular flexibility index (Phi) is 5.85. The molecule has 0 aliphatic carbocycles. The third kappa shape index (κ3) is 4.33. The van der Waals surface area contributed by atoms with Crippen LogP contribution in [0.25, 0.3) is 0 Å². The molecular weight excluding hydrogens is 308 g/mol. The van der Waals surface area contributed by atoms with Crippen molar-refractivity contribution >= 4 is 28.8 Å². The van der Waals surface area contributed by atoms with E-state index in [2.05, 4.69) is 10.6 Å². The first-order valence-corrected chi connectivity index (χ1v) is 8.13. The zero-order valence-electron chi connectivity index (χ0n) is 12.1. The van der Waals surface area contributed by atoms with Gasteiger partial charge in [-0.2, -0.15) is 0 Å². The molecular formula is C15H19ClN2O2S. The average Bonchev–Trinajstić information content (AvgIpc) is 3.13. The van der Waals surface area contributed by atoms with Gasteiger partial charge in [0.2, 0.25) is 5.91 Å². The lowest BCUT2D eigenvalue weighted by atomic mass is 10.1. The summed E-state index contributed by atoms with van der Waals surface area (Å²) >= 11 is 7.49. The van der Waals surface area contributed by atoms with Crippen molar-refractivity contribution in [2.45, 2.75) is 32.4 Å². The summed E-state index contributed by atoms with van der Waals surface area (Å²) in [5, 5.41) is 6.19. The van der Waals surface area contributed by atoms with E-state index in [1.165, 1.54) is 11.3 Å². The second-order valence-corrected chi connectivity index (χ2v) is 6.52. The van der Waals surface area contributed by atoms with Gasteiger partial charge in [0.05, 0.1) is 16.6 Å². The fraction of sp³-hybridized carbons (Fsp3) is 0.400. The van der Waals surface area contributed by atoms with E-state index >= 15 is 0 Å². The highest BCUT2D eigenvalue weighted by Crippen LogP contribution is 2.31. The third-order valence-corrected chi connectivity index (χ3v) is 4.36. The van der Waals surface area contributed by atoms with Crippen molar-refractivity contribution in [1.29, 1.82) is 0 Å². The van der Waals surface area contributed by atoms with Crippen LogP contribution >= 0.6 is 22.9 Å². The van der Waals surface area contributed by atoms with E-state index in [0.29, 0.717) is 10.9 Å². The molecule has 2 aromatic rings. The normalized spacial score (nSPS) is 13.9. The fourth-order valence-corrected chi connectivity index (χ4v) is 3.10. The number of halogens is 1. The molecule has 0 aromatic carbocycles. The lowest BCUT2D eigenvalue weighted by Gasteiger charge is -2.20. The summed E-state index contributed by atoms with van der Waals surface area (Å²) in [6.45, 7) is 4.55. The Balaban J connectivity index is 2.12. The molecule has 0 fully saturated rings. The van der Waals surface area contributed by atoms with Crippen LogP contribution in [0.2, 0.25) is 4.34 Å². The number of thiophene rings is 1. The largest absolute Gasteiger partial charge is 0.467 e. The van der Waals surface area contributed by atoms with Crippen LogP contribution in [0, 0.1) is 0 Å². The molecule has 0 saturated carbocycles. The van der Waals surface area contributed by atoms with Crippen molar-refractivity contribution in [3.63, 3.8) is 0 Å². The number of nitrogens with one attached hydrogen (secondary N) is 2. The number of carbonyl (C=O) groups is 1. The Bertz CT molecular complexity index is 568. The van der Waals surface area contributed by atoms with Crippen LogP contribution in [0.1, 0.15) is 36.9 Å². The highest BCUT2D eigenvalue weighted by atomic mass is 35.5. The fourth-order valence-electron chi connectivity index (χ4n) is 1.97. The Labute approximate surface area is 133 Å². The molecule has 2 atom stereocenters. The number of hydrogen-bond acceptors (Lipinski definition) is 4. The smallest absolute Gasteiger partial charge is 0.236 e. The van der Waals surface area contributed by atoms with Gasteiger partial charge in [-0.3, -0.25) is 10.1 Å². The van der Waals surface area contributed by atoms with Gasteiger partial charge in [0.25, 0.3) is 0 Å². The molecule has 2 heterocycles. The summed E-state index contributed by atoms with van der Waals surface area (Å²) in [7, 11) is 0. The Morgan fingerprint density at radius 2 is 2.24 bits per heavy atom. The van der Waals surface area contributed by atoms with Crippen LogP contribution < -0.4 is 10.6 Å². The number of amides is 1. The molecule has 2 aromatic heterocycles. The van der Waals surface area contributed by atoms with Crippen LogP contribution in [-0.4, -0.2) is 18.5 Å². The number of furan rings is 1. The van der Waals surface area contributed by atoms with Gasteiger partial charge in [-0.1, -0.05) is 18.5 Å². The molecule has 2 rings (SSSR count). The maximum atomic E-state index is 12.0. The zero-order valence-corrected chi connectivity index (χ0v) is 13.6. The van der Waals surface area contributed by atoms with Crippen LogP contribution in [0.5, 0.6) is 0 Å². The molecule has 1 amide bonds. The van der Waals surface area contributed by atoms with Crippen molar-refractivity contribution in [1.82, 2.24) is 10.6 Å². The van der Waals surface area contributed by atoms with Gasteiger partial charge in [0.1, 0.15) is 11.8 Å². The van der Waals surface area contributed by atoms with E-state index in [4.69, 9.17) is 16.0 Å². The van der Waals surface area contributed by atoms with Gasteiger partial charge in [-0.15, -0.1) is 11.3 Å². The van der Waals surface area contributed by atoms with Gasteiger partial charge in [0, 0.05) is 11.4 Å². The molecule has 0 bridgehead atoms. The van der Waals surface area contributed by atoms with Crippen LogP contribution in [-0.2, 0) is 4.79 Å². The summed E-state index contributed by atoms with van der Waals surface area (Å²) in [4.78, 5) is 13.0. The van der Waals surface area contributed by atoms with E-state index in [9.17, 15) is 4.79 Å². The minimum absolute atomic E-state index is 0.0175. The first kappa shape index (κ1) is 16.1. The molecule has 0 aliphatic heterocycles. The summed E-state index contributed by atoms with van der Waals surface area (Å²) in [5.74, 6) is 0.750. The highest BCUT2D eigenvalue weighted by Gasteiger charge is 2.23. The van der Waals surface area contributed by atoms with E-state index in [1.54, 1.807) is 6.26 Å². The van der Waals surface area contributed by atoms with Gasteiger partial charge in [-0.05, 0) is 37.6 Å². The lowest BCUT2D eigenvalue weighted by Crippen LogP contribution is -2.43. The molecule has 0 radical (unpaired) electrons. The molecule has 21 heavy (non-hydrogen) atoms. The molecule has 6 heteroatoms.